The number of amides is 1. The third kappa shape index (κ3) is 13.3. The van der Waals surface area contributed by atoms with E-state index < -0.39 is 29.9 Å². The van der Waals surface area contributed by atoms with E-state index in [1.165, 1.54) is 5.01 Å². The predicted octanol–water partition coefficient (Wildman–Crippen LogP) is -2.71. The highest BCUT2D eigenvalue weighted by Crippen LogP contribution is 2.10. The number of nitrogens with zero attached hydrogens (tertiary/aromatic N) is 5. The summed E-state index contributed by atoms with van der Waals surface area (Å²) in [5.41, 5.74) is 2.56. The Balaban J connectivity index is 3.10. The van der Waals surface area contributed by atoms with Gasteiger partial charge in [0.05, 0.1) is 19.6 Å². The van der Waals surface area contributed by atoms with Crippen molar-refractivity contribution in [1.82, 2.24) is 30.0 Å². The predicted molar refractivity (Wildman–Crippen MR) is 126 cm³/mol. The van der Waals surface area contributed by atoms with Gasteiger partial charge in [-0.15, -0.1) is 0 Å². The number of carbonyl (C=O) groups excluding carboxylic acids is 1. The van der Waals surface area contributed by atoms with E-state index in [4.69, 9.17) is 0 Å². The van der Waals surface area contributed by atoms with Crippen LogP contribution in [-0.4, -0.2) is 167 Å². The third-order valence-corrected chi connectivity index (χ3v) is 5.67. The van der Waals surface area contributed by atoms with Gasteiger partial charge < -0.3 is 20.4 Å². The van der Waals surface area contributed by atoms with Crippen LogP contribution in [0.4, 0.5) is 0 Å². The molecule has 1 atom stereocenters. The monoisotopic (exact) mass is 518 g/mol. The molecule has 15 nitrogen and oxygen atoms in total. The van der Waals surface area contributed by atoms with E-state index in [-0.39, 0.29) is 90.7 Å². The number of aliphatic carboxylic acids is 4. The summed E-state index contributed by atoms with van der Waals surface area (Å²) in [4.78, 5) is 64.6. The largest absolute Gasteiger partial charge is 0.480 e. The molecule has 206 valence electrons. The fraction of sp³-hybridized carbons (Fsp3) is 0.762. The molecule has 1 heterocycles. The first-order valence-corrected chi connectivity index (χ1v) is 11.6. The number of carboxylic acids is 4. The first-order chi connectivity index (χ1) is 16.9. The highest BCUT2D eigenvalue weighted by atomic mass is 16.4. The molecule has 1 aliphatic heterocycles. The SMILES string of the molecule is CN(C)NC(=O)CC[C@H](C(=O)O)N1CCN(CC(=O)O)CCN(CC(=O)O)CCN(CC(=O)O)CC1. The molecular formula is C21H38N6O9. The Kier molecular flexibility index (Phi) is 13.9. The molecule has 15 heteroatoms. The molecular weight excluding hydrogens is 480 g/mol. The molecule has 1 rings (SSSR count). The van der Waals surface area contributed by atoms with Crippen LogP contribution in [0.2, 0.25) is 0 Å². The number of rotatable bonds is 12. The molecule has 1 aliphatic rings. The summed E-state index contributed by atoms with van der Waals surface area (Å²) in [5, 5.41) is 39.1. The Labute approximate surface area is 209 Å². The van der Waals surface area contributed by atoms with E-state index in [2.05, 4.69) is 5.43 Å². The van der Waals surface area contributed by atoms with Crippen molar-refractivity contribution in [3.8, 4) is 0 Å². The first-order valence-electron chi connectivity index (χ1n) is 11.6. The van der Waals surface area contributed by atoms with Crippen LogP contribution in [0.5, 0.6) is 0 Å². The average Bonchev–Trinajstić information content (AvgIpc) is 2.73. The Bertz CT molecular complexity index is 734. The summed E-state index contributed by atoms with van der Waals surface area (Å²) in [6.45, 7) is 0.792. The molecule has 0 spiro atoms. The smallest absolute Gasteiger partial charge is 0.320 e. The first kappa shape index (κ1) is 31.2. The summed E-state index contributed by atoms with van der Waals surface area (Å²) in [5.74, 6) is -4.67. The van der Waals surface area contributed by atoms with E-state index in [0.717, 1.165) is 0 Å². The van der Waals surface area contributed by atoms with Crippen LogP contribution in [0.15, 0.2) is 0 Å². The molecule has 0 unspecified atom stereocenters. The zero-order chi connectivity index (χ0) is 27.3. The summed E-state index contributed by atoms with van der Waals surface area (Å²) in [7, 11) is 3.27. The van der Waals surface area contributed by atoms with Gasteiger partial charge in [0.15, 0.2) is 0 Å². The summed E-state index contributed by atoms with van der Waals surface area (Å²) in [6.07, 6.45) is -0.0350. The average molecular weight is 519 g/mol. The normalized spacial score (nSPS) is 18.6. The second-order valence-electron chi connectivity index (χ2n) is 8.87. The number of hydrogen-bond donors (Lipinski definition) is 5. The number of hydrogen-bond acceptors (Lipinski definition) is 10. The van der Waals surface area contributed by atoms with Crippen molar-refractivity contribution >= 4 is 29.8 Å². The van der Waals surface area contributed by atoms with Crippen molar-refractivity contribution in [2.75, 3.05) is 86.1 Å². The molecule has 0 aliphatic carbocycles. The van der Waals surface area contributed by atoms with Crippen LogP contribution in [0.3, 0.4) is 0 Å². The van der Waals surface area contributed by atoms with E-state index in [0.29, 0.717) is 0 Å². The molecule has 0 aromatic rings. The molecule has 0 aromatic heterocycles. The van der Waals surface area contributed by atoms with Crippen LogP contribution < -0.4 is 5.43 Å². The Morgan fingerprint density at radius 2 is 1.06 bits per heavy atom. The third-order valence-electron chi connectivity index (χ3n) is 5.67. The highest BCUT2D eigenvalue weighted by molar-refractivity contribution is 5.78. The number of carbonyl (C=O) groups is 5. The van der Waals surface area contributed by atoms with Gasteiger partial charge >= 0.3 is 23.9 Å². The lowest BCUT2D eigenvalue weighted by Gasteiger charge is -2.35. The van der Waals surface area contributed by atoms with Gasteiger partial charge in [-0.3, -0.25) is 49.0 Å². The van der Waals surface area contributed by atoms with Gasteiger partial charge in [0.1, 0.15) is 6.04 Å². The van der Waals surface area contributed by atoms with Gasteiger partial charge in [0.25, 0.3) is 0 Å². The van der Waals surface area contributed by atoms with Crippen LogP contribution >= 0.6 is 0 Å². The maximum atomic E-state index is 12.1. The minimum Gasteiger partial charge on any atom is -0.480 e. The lowest BCUT2D eigenvalue weighted by atomic mass is 10.1. The molecule has 0 radical (unpaired) electrons. The van der Waals surface area contributed by atoms with Gasteiger partial charge in [0.2, 0.25) is 5.91 Å². The van der Waals surface area contributed by atoms with Gasteiger partial charge in [-0.2, -0.15) is 0 Å². The fourth-order valence-electron chi connectivity index (χ4n) is 3.95. The summed E-state index contributed by atoms with van der Waals surface area (Å²) < 4.78 is 0. The molecule has 5 N–H and O–H groups in total. The van der Waals surface area contributed by atoms with Crippen LogP contribution in [0.1, 0.15) is 12.8 Å². The van der Waals surface area contributed by atoms with Crippen LogP contribution in [-0.2, 0) is 24.0 Å². The Hall–Kier alpha value is -2.85. The molecule has 0 saturated carbocycles. The van der Waals surface area contributed by atoms with E-state index in [9.17, 15) is 44.4 Å². The summed E-state index contributed by atoms with van der Waals surface area (Å²) in [6, 6.07) is -1.04. The molecule has 0 aromatic carbocycles. The lowest BCUT2D eigenvalue weighted by molar-refractivity contribution is -0.145. The van der Waals surface area contributed by atoms with Crippen LogP contribution in [0.25, 0.3) is 0 Å². The van der Waals surface area contributed by atoms with Crippen molar-refractivity contribution in [3.63, 3.8) is 0 Å². The standard InChI is InChI=1S/C21H38N6O9/c1-23(2)22-17(28)4-3-16(21(35)36)27-11-9-25(14-19(31)32)7-5-24(13-18(29)30)6-8-26(10-12-27)15-20(33)34/h16H,3-15H2,1-2H3,(H,22,28)(H,29,30)(H,31,32)(H,33,34)(H,35,36)/t16-/m1/s1. The fourth-order valence-corrected chi connectivity index (χ4v) is 3.95. The van der Waals surface area contributed by atoms with Gasteiger partial charge in [-0.05, 0) is 6.42 Å². The topological polar surface area (TPSA) is 194 Å². The maximum Gasteiger partial charge on any atom is 0.320 e. The highest BCUT2D eigenvalue weighted by Gasteiger charge is 2.28. The zero-order valence-electron chi connectivity index (χ0n) is 20.8. The molecule has 36 heavy (non-hydrogen) atoms. The maximum absolute atomic E-state index is 12.1. The van der Waals surface area contributed by atoms with Gasteiger partial charge in [-0.1, -0.05) is 0 Å². The number of hydrazine groups is 1. The minimum atomic E-state index is -1.14. The van der Waals surface area contributed by atoms with Crippen LogP contribution in [0, 0.1) is 0 Å². The number of carboxylic acid groups (broad SMARTS) is 4. The molecule has 1 fully saturated rings. The molecule has 1 amide bonds. The van der Waals surface area contributed by atoms with Crippen molar-refractivity contribution in [3.05, 3.63) is 0 Å². The van der Waals surface area contributed by atoms with E-state index in [1.807, 2.05) is 0 Å². The Morgan fingerprint density at radius 1 is 0.694 bits per heavy atom. The lowest BCUT2D eigenvalue weighted by Crippen LogP contribution is -2.52. The molecule has 0 bridgehead atoms. The zero-order valence-corrected chi connectivity index (χ0v) is 20.8. The molecule has 1 saturated heterocycles. The Morgan fingerprint density at radius 3 is 1.36 bits per heavy atom. The second-order valence-corrected chi connectivity index (χ2v) is 8.87. The number of nitrogens with one attached hydrogen (secondary N) is 1. The van der Waals surface area contributed by atoms with Gasteiger partial charge in [-0.25, -0.2) is 5.01 Å². The van der Waals surface area contributed by atoms with E-state index in [1.54, 1.807) is 33.7 Å². The van der Waals surface area contributed by atoms with Crippen molar-refractivity contribution in [1.29, 1.82) is 0 Å². The quantitative estimate of drug-likeness (QED) is 0.167. The van der Waals surface area contributed by atoms with Gasteiger partial charge in [0, 0.05) is 72.9 Å². The second kappa shape index (κ2) is 16.0. The summed E-state index contributed by atoms with van der Waals surface area (Å²) >= 11 is 0. The van der Waals surface area contributed by atoms with E-state index >= 15 is 0 Å². The van der Waals surface area contributed by atoms with Crippen molar-refractivity contribution in [2.24, 2.45) is 0 Å². The minimum absolute atomic E-state index is 0.0132. The van der Waals surface area contributed by atoms with Crippen molar-refractivity contribution in [2.45, 2.75) is 18.9 Å². The van der Waals surface area contributed by atoms with Crippen molar-refractivity contribution < 1.29 is 44.4 Å².